The monoisotopic (exact) mass is 726 g/mol. The van der Waals surface area contributed by atoms with Gasteiger partial charge < -0.3 is 18.9 Å². The summed E-state index contributed by atoms with van der Waals surface area (Å²) in [5, 5.41) is 0. The molecule has 9 heteroatoms. The molecule has 2 amide bonds. The molecule has 2 atom stereocenters. The van der Waals surface area contributed by atoms with Gasteiger partial charge in [-0.1, -0.05) is 129 Å². The average molecular weight is 727 g/mol. The van der Waals surface area contributed by atoms with Crippen molar-refractivity contribution in [3.05, 3.63) is 161 Å². The number of hydrogen-bond donors (Lipinski definition) is 0. The van der Waals surface area contributed by atoms with E-state index in [4.69, 9.17) is 14.5 Å². The van der Waals surface area contributed by atoms with E-state index in [0.717, 1.165) is 33.5 Å². The molecule has 0 spiro atoms. The van der Waals surface area contributed by atoms with Gasteiger partial charge >= 0.3 is 12.1 Å². The van der Waals surface area contributed by atoms with Crippen LogP contribution in [-0.2, 0) is 44.0 Å². The van der Waals surface area contributed by atoms with E-state index < -0.39 is 35.3 Å². The molecule has 0 aliphatic carbocycles. The molecule has 2 heterocycles. The van der Waals surface area contributed by atoms with Crippen LogP contribution in [0.5, 0.6) is 0 Å². The van der Waals surface area contributed by atoms with Gasteiger partial charge in [-0.2, -0.15) is 0 Å². The number of aromatic nitrogens is 2. The van der Waals surface area contributed by atoms with Gasteiger partial charge in [-0.05, 0) is 54.5 Å². The Kier molecular flexibility index (Phi) is 11.4. The van der Waals surface area contributed by atoms with Crippen LogP contribution in [0, 0.1) is 5.92 Å². The fourth-order valence-electron chi connectivity index (χ4n) is 7.61. The number of fused-ring (bicyclic) bond motifs is 1. The molecule has 0 N–H and O–H groups in total. The number of carbonyl (C=O) groups is 3. The first-order chi connectivity index (χ1) is 25.9. The maximum Gasteiger partial charge on any atom is 0.410 e. The standard InChI is InChI=1S/C45H50N4O5/c1-32(2)40(41(50)49-29-34-19-17-16-18-33(34)28-39(49)42(51)53-6)48(43(52)54-44(3,4)5)27-26-38-30-47(31-46-38)45(35-20-10-7-11-21-35,36-22-12-8-13-23-36)37-24-14-9-15-25-37/h7-25,30-32,39-40H,26-29H2,1-6H3/t39-,40-/m0/s1. The summed E-state index contributed by atoms with van der Waals surface area (Å²) in [5.74, 6) is -1.13. The lowest BCUT2D eigenvalue weighted by Gasteiger charge is -2.41. The number of nitrogens with zero attached hydrogens (tertiary/aromatic N) is 4. The van der Waals surface area contributed by atoms with Gasteiger partial charge in [0.25, 0.3) is 0 Å². The number of benzene rings is 4. The van der Waals surface area contributed by atoms with E-state index in [1.807, 2.05) is 126 Å². The van der Waals surface area contributed by atoms with Crippen LogP contribution in [0.3, 0.4) is 0 Å². The third-order valence-corrected chi connectivity index (χ3v) is 10.1. The van der Waals surface area contributed by atoms with Gasteiger partial charge in [0.1, 0.15) is 23.2 Å². The maximum atomic E-state index is 14.8. The average Bonchev–Trinajstić information content (AvgIpc) is 3.65. The fourth-order valence-corrected chi connectivity index (χ4v) is 7.61. The summed E-state index contributed by atoms with van der Waals surface area (Å²) in [6.45, 7) is 9.63. The molecule has 0 radical (unpaired) electrons. The minimum atomic E-state index is -0.920. The van der Waals surface area contributed by atoms with E-state index in [2.05, 4.69) is 41.0 Å². The van der Waals surface area contributed by atoms with Gasteiger partial charge in [0.2, 0.25) is 5.91 Å². The lowest BCUT2D eigenvalue weighted by Crippen LogP contribution is -2.59. The molecule has 0 saturated heterocycles. The second kappa shape index (κ2) is 16.1. The van der Waals surface area contributed by atoms with Crippen molar-refractivity contribution in [3.8, 4) is 0 Å². The van der Waals surface area contributed by atoms with E-state index in [9.17, 15) is 14.4 Å². The Hall–Kier alpha value is -5.70. The first-order valence-electron chi connectivity index (χ1n) is 18.6. The van der Waals surface area contributed by atoms with Crippen molar-refractivity contribution in [2.45, 2.75) is 77.2 Å². The second-order valence-corrected chi connectivity index (χ2v) is 15.2. The van der Waals surface area contributed by atoms with Crippen molar-refractivity contribution >= 4 is 18.0 Å². The minimum Gasteiger partial charge on any atom is -0.467 e. The fraction of sp³-hybridized carbons (Fsp3) is 0.333. The summed E-state index contributed by atoms with van der Waals surface area (Å²) in [6.07, 6.45) is 3.95. The summed E-state index contributed by atoms with van der Waals surface area (Å²) in [4.78, 5) is 50.0. The SMILES string of the molecule is COC(=O)[C@@H]1Cc2ccccc2CN1C(=O)[C@H](C(C)C)N(CCc1cn(C(c2ccccc2)(c2ccccc2)c2ccccc2)cn1)C(=O)OC(C)(C)C. The Morgan fingerprint density at radius 3 is 1.81 bits per heavy atom. The highest BCUT2D eigenvalue weighted by molar-refractivity contribution is 5.90. The van der Waals surface area contributed by atoms with Crippen molar-refractivity contribution in [2.24, 2.45) is 5.92 Å². The smallest absolute Gasteiger partial charge is 0.410 e. The van der Waals surface area contributed by atoms with Crippen molar-refractivity contribution in [1.29, 1.82) is 0 Å². The highest BCUT2D eigenvalue weighted by atomic mass is 16.6. The van der Waals surface area contributed by atoms with Gasteiger partial charge in [0.05, 0.1) is 19.1 Å². The van der Waals surface area contributed by atoms with Gasteiger partial charge in [-0.3, -0.25) is 9.69 Å². The molecule has 1 aliphatic heterocycles. The minimum absolute atomic E-state index is 0.156. The molecular formula is C45H50N4O5. The summed E-state index contributed by atoms with van der Waals surface area (Å²) in [5.41, 5.74) is 4.34. The Labute approximate surface area is 318 Å². The largest absolute Gasteiger partial charge is 0.467 e. The number of esters is 1. The summed E-state index contributed by atoms with van der Waals surface area (Å²) < 4.78 is 13.3. The number of carbonyl (C=O) groups excluding carboxylic acids is 3. The van der Waals surface area contributed by atoms with Gasteiger partial charge in [0.15, 0.2) is 0 Å². The van der Waals surface area contributed by atoms with Crippen LogP contribution in [0.15, 0.2) is 128 Å². The molecule has 1 aromatic heterocycles. The quantitative estimate of drug-likeness (QED) is 0.103. The number of ether oxygens (including phenoxy) is 2. The van der Waals surface area contributed by atoms with Gasteiger partial charge in [-0.25, -0.2) is 14.6 Å². The molecule has 5 aromatic rings. The Balaban J connectivity index is 1.38. The first kappa shape index (κ1) is 38.0. The number of methoxy groups -OCH3 is 1. The predicted molar refractivity (Wildman–Crippen MR) is 209 cm³/mol. The van der Waals surface area contributed by atoms with Crippen molar-refractivity contribution < 1.29 is 23.9 Å². The van der Waals surface area contributed by atoms with Crippen LogP contribution in [0.2, 0.25) is 0 Å². The number of rotatable bonds is 11. The van der Waals surface area contributed by atoms with E-state index >= 15 is 0 Å². The van der Waals surface area contributed by atoms with Crippen molar-refractivity contribution in [1.82, 2.24) is 19.4 Å². The zero-order valence-electron chi connectivity index (χ0n) is 32.0. The number of imidazole rings is 1. The summed E-state index contributed by atoms with van der Waals surface area (Å²) in [7, 11) is 1.33. The van der Waals surface area contributed by atoms with Crippen LogP contribution >= 0.6 is 0 Å². The molecular weight excluding hydrogens is 677 g/mol. The lowest BCUT2D eigenvalue weighted by atomic mass is 9.77. The van der Waals surface area contributed by atoms with E-state index in [-0.39, 0.29) is 24.9 Å². The molecule has 280 valence electrons. The number of hydrogen-bond acceptors (Lipinski definition) is 6. The zero-order valence-corrected chi connectivity index (χ0v) is 32.0. The first-order valence-corrected chi connectivity index (χ1v) is 18.6. The van der Waals surface area contributed by atoms with Crippen LogP contribution in [0.25, 0.3) is 0 Å². The van der Waals surface area contributed by atoms with Crippen LogP contribution < -0.4 is 0 Å². The van der Waals surface area contributed by atoms with Gasteiger partial charge in [-0.15, -0.1) is 0 Å². The van der Waals surface area contributed by atoms with E-state index in [0.29, 0.717) is 12.8 Å². The third-order valence-electron chi connectivity index (χ3n) is 10.1. The topological polar surface area (TPSA) is 94.0 Å². The van der Waals surface area contributed by atoms with Crippen LogP contribution in [0.4, 0.5) is 4.79 Å². The van der Waals surface area contributed by atoms with Gasteiger partial charge in [0, 0.05) is 32.1 Å². The Bertz CT molecular complexity index is 1940. The molecule has 0 fully saturated rings. The Morgan fingerprint density at radius 1 is 0.796 bits per heavy atom. The highest BCUT2D eigenvalue weighted by Gasteiger charge is 2.43. The normalized spacial score (nSPS) is 14.9. The molecule has 0 saturated carbocycles. The third kappa shape index (κ3) is 7.81. The molecule has 0 bridgehead atoms. The molecule has 0 unspecified atom stereocenters. The van der Waals surface area contributed by atoms with Crippen molar-refractivity contribution in [2.75, 3.05) is 13.7 Å². The molecule has 1 aliphatic rings. The van der Waals surface area contributed by atoms with Crippen molar-refractivity contribution in [3.63, 3.8) is 0 Å². The highest BCUT2D eigenvalue weighted by Crippen LogP contribution is 2.41. The van der Waals surface area contributed by atoms with E-state index in [1.165, 1.54) is 12.0 Å². The zero-order chi connectivity index (χ0) is 38.5. The van der Waals surface area contributed by atoms with E-state index in [1.54, 1.807) is 4.90 Å². The lowest BCUT2D eigenvalue weighted by molar-refractivity contribution is -0.156. The Morgan fingerprint density at radius 2 is 1.31 bits per heavy atom. The number of amides is 2. The summed E-state index contributed by atoms with van der Waals surface area (Å²) in [6, 6.07) is 37.1. The summed E-state index contributed by atoms with van der Waals surface area (Å²) >= 11 is 0. The second-order valence-electron chi connectivity index (χ2n) is 15.2. The molecule has 9 nitrogen and oxygen atoms in total. The molecule has 54 heavy (non-hydrogen) atoms. The predicted octanol–water partition coefficient (Wildman–Crippen LogP) is 7.65. The van der Waals surface area contributed by atoms with Crippen LogP contribution in [0.1, 0.15) is 68.1 Å². The molecule has 4 aromatic carbocycles. The maximum absolute atomic E-state index is 14.8. The molecule has 6 rings (SSSR count). The van der Waals surface area contributed by atoms with Crippen LogP contribution in [-0.4, -0.2) is 68.7 Å².